The summed E-state index contributed by atoms with van der Waals surface area (Å²) in [7, 11) is 3.03. The maximum absolute atomic E-state index is 13.3. The molecule has 48 heavy (non-hydrogen) atoms. The number of aromatic amines is 1. The Labute approximate surface area is 272 Å². The average molecular weight is 670 g/mol. The highest BCUT2D eigenvalue weighted by molar-refractivity contribution is 5.81. The molecule has 0 unspecified atom stereocenters. The summed E-state index contributed by atoms with van der Waals surface area (Å²) in [5.41, 5.74) is -3.00. The van der Waals surface area contributed by atoms with Crippen LogP contribution in [0.25, 0.3) is 0 Å². The highest BCUT2D eigenvalue weighted by Crippen LogP contribution is 2.44. The lowest BCUT2D eigenvalue weighted by Crippen LogP contribution is -2.56. The molecular weight excluding hydrogens is 635 g/mol. The molecule has 3 N–H and O–H groups in total. The Kier molecular flexibility index (Phi) is 9.80. The van der Waals surface area contributed by atoms with Crippen molar-refractivity contribution in [3.63, 3.8) is 0 Å². The molecule has 11 nitrogen and oxygen atoms in total. The number of aliphatic hydroxyl groups excluding tert-OH is 1. The highest BCUT2D eigenvalue weighted by atomic mass is 19.4. The molecule has 1 saturated heterocycles. The highest BCUT2D eigenvalue weighted by Gasteiger charge is 2.53. The van der Waals surface area contributed by atoms with Gasteiger partial charge in [0.05, 0.1) is 33.5 Å². The van der Waals surface area contributed by atoms with E-state index in [0.717, 1.165) is 4.57 Å². The van der Waals surface area contributed by atoms with Gasteiger partial charge in [0.15, 0.2) is 0 Å². The quantitative estimate of drug-likeness (QED) is 0.206. The fraction of sp³-hybridized carbons (Fsp3) is 0.324. The number of nitrogens with zero attached hydrogens (tertiary/aromatic N) is 1. The Hall–Kier alpha value is -4.92. The molecule has 0 aliphatic carbocycles. The summed E-state index contributed by atoms with van der Waals surface area (Å²) in [6.45, 7) is 0.0427. The standard InChI is InChI=1S/C34H34F3N3O8/c1-21-18-40(31(44)39-29(21)42)28-17-27(41)32(48-28,19-38-30(43)34(35,36)37)20-47-33(22-7-5-4-6-8-22,23-9-13-25(45-2)14-10-23)24-11-15-26(46-3)16-12-24/h4-16,18,27-28,41H,17,19-20H2,1-3H3,(H,38,43)(H,39,42,44)/t27-,28+,32+/m0/s1. The second kappa shape index (κ2) is 13.7. The molecule has 0 spiro atoms. The van der Waals surface area contributed by atoms with Crippen LogP contribution in [0.3, 0.4) is 0 Å². The SMILES string of the molecule is COc1ccc(C(OC[C@@]2(CNC(=O)C(F)(F)F)O[C@@H](n3cc(C)c(=O)[nH]c3=O)C[C@@H]2O)(c2ccccc2)c2ccc(OC)cc2)cc1. The van der Waals surface area contributed by atoms with Crippen LogP contribution in [0.2, 0.25) is 0 Å². The molecule has 1 aliphatic heterocycles. The number of aliphatic hydroxyl groups is 1. The van der Waals surface area contributed by atoms with Gasteiger partial charge in [0, 0.05) is 18.2 Å². The summed E-state index contributed by atoms with van der Waals surface area (Å²) in [6.07, 6.45) is -7.05. The first-order valence-electron chi connectivity index (χ1n) is 14.8. The van der Waals surface area contributed by atoms with Crippen molar-refractivity contribution in [3.05, 3.63) is 128 Å². The van der Waals surface area contributed by atoms with Crippen LogP contribution in [-0.2, 0) is 19.9 Å². The van der Waals surface area contributed by atoms with Crippen LogP contribution >= 0.6 is 0 Å². The van der Waals surface area contributed by atoms with Gasteiger partial charge in [-0.15, -0.1) is 0 Å². The smallest absolute Gasteiger partial charge is 0.471 e. The van der Waals surface area contributed by atoms with Crippen molar-refractivity contribution >= 4 is 5.91 Å². The zero-order valence-corrected chi connectivity index (χ0v) is 26.2. The van der Waals surface area contributed by atoms with Crippen LogP contribution in [0, 0.1) is 6.92 Å². The van der Waals surface area contributed by atoms with Crippen LogP contribution in [0.5, 0.6) is 11.5 Å². The molecule has 0 saturated carbocycles. The number of hydrogen-bond acceptors (Lipinski definition) is 8. The van der Waals surface area contributed by atoms with E-state index >= 15 is 0 Å². The lowest BCUT2D eigenvalue weighted by Gasteiger charge is -2.40. The predicted molar refractivity (Wildman–Crippen MR) is 167 cm³/mol. The van der Waals surface area contributed by atoms with Crippen LogP contribution in [-0.4, -0.2) is 65.8 Å². The van der Waals surface area contributed by atoms with Crippen LogP contribution < -0.4 is 26.0 Å². The number of hydrogen-bond donors (Lipinski definition) is 3. The molecule has 254 valence electrons. The molecule has 3 aromatic carbocycles. The topological polar surface area (TPSA) is 141 Å². The number of benzene rings is 3. The summed E-state index contributed by atoms with van der Waals surface area (Å²) in [6, 6.07) is 23.0. The molecule has 0 bridgehead atoms. The van der Waals surface area contributed by atoms with E-state index in [2.05, 4.69) is 4.98 Å². The first-order chi connectivity index (χ1) is 22.8. The molecule has 1 fully saturated rings. The van der Waals surface area contributed by atoms with Gasteiger partial charge in [-0.25, -0.2) is 4.79 Å². The van der Waals surface area contributed by atoms with Crippen molar-refractivity contribution < 1.29 is 42.0 Å². The monoisotopic (exact) mass is 669 g/mol. The zero-order chi connectivity index (χ0) is 34.7. The Balaban J connectivity index is 1.64. The Morgan fingerprint density at radius 1 is 0.958 bits per heavy atom. The number of halogens is 3. The van der Waals surface area contributed by atoms with E-state index in [0.29, 0.717) is 28.2 Å². The lowest BCUT2D eigenvalue weighted by molar-refractivity contribution is -0.181. The second-order valence-electron chi connectivity index (χ2n) is 11.3. The summed E-state index contributed by atoms with van der Waals surface area (Å²) in [4.78, 5) is 38.9. The van der Waals surface area contributed by atoms with E-state index in [1.54, 1.807) is 60.7 Å². The van der Waals surface area contributed by atoms with Gasteiger partial charge >= 0.3 is 17.8 Å². The molecule has 0 radical (unpaired) electrons. The normalized spacial score (nSPS) is 19.6. The van der Waals surface area contributed by atoms with Crippen LogP contribution in [0.4, 0.5) is 13.2 Å². The summed E-state index contributed by atoms with van der Waals surface area (Å²) in [5, 5.41) is 13.3. The number of aryl methyl sites for hydroxylation is 1. The number of H-pyrrole nitrogens is 1. The fourth-order valence-electron chi connectivity index (χ4n) is 5.75. The minimum atomic E-state index is -5.22. The van der Waals surface area contributed by atoms with Crippen LogP contribution in [0.1, 0.15) is 34.9 Å². The van der Waals surface area contributed by atoms with Crippen molar-refractivity contribution in [1.29, 1.82) is 0 Å². The number of rotatable bonds is 11. The predicted octanol–water partition coefficient (Wildman–Crippen LogP) is 3.57. The number of nitrogens with one attached hydrogen (secondary N) is 2. The number of carbonyl (C=O) groups excluding carboxylic acids is 1. The van der Waals surface area contributed by atoms with Gasteiger partial charge in [-0.3, -0.25) is 19.1 Å². The molecule has 14 heteroatoms. The first-order valence-corrected chi connectivity index (χ1v) is 14.8. The minimum absolute atomic E-state index is 0.161. The maximum Gasteiger partial charge on any atom is 0.471 e. The summed E-state index contributed by atoms with van der Waals surface area (Å²) >= 11 is 0. The maximum atomic E-state index is 13.3. The number of methoxy groups -OCH3 is 2. The molecule has 3 atom stereocenters. The van der Waals surface area contributed by atoms with Crippen molar-refractivity contribution in [3.8, 4) is 11.5 Å². The molecule has 2 heterocycles. The van der Waals surface area contributed by atoms with Crippen molar-refractivity contribution in [1.82, 2.24) is 14.9 Å². The first kappa shape index (κ1) is 34.4. The Morgan fingerprint density at radius 3 is 2.02 bits per heavy atom. The van der Waals surface area contributed by atoms with Gasteiger partial charge in [0.1, 0.15) is 28.9 Å². The van der Waals surface area contributed by atoms with E-state index in [1.807, 2.05) is 23.5 Å². The van der Waals surface area contributed by atoms with E-state index in [9.17, 15) is 32.7 Å². The van der Waals surface area contributed by atoms with Crippen LogP contribution in [0.15, 0.2) is 94.6 Å². The fourth-order valence-corrected chi connectivity index (χ4v) is 5.75. The summed E-state index contributed by atoms with van der Waals surface area (Å²) < 4.78 is 64.8. The minimum Gasteiger partial charge on any atom is -0.497 e. The molecule has 4 aromatic rings. The Bertz CT molecular complexity index is 1800. The number of amides is 1. The Morgan fingerprint density at radius 2 is 1.50 bits per heavy atom. The third-order valence-corrected chi connectivity index (χ3v) is 8.37. The van der Waals surface area contributed by atoms with E-state index < -0.39 is 60.0 Å². The number of ether oxygens (including phenoxy) is 4. The van der Waals surface area contributed by atoms with E-state index in [-0.39, 0.29) is 12.0 Å². The zero-order valence-electron chi connectivity index (χ0n) is 26.2. The number of carbonyl (C=O) groups is 1. The molecular formula is C34H34F3N3O8. The second-order valence-corrected chi connectivity index (χ2v) is 11.3. The molecule has 1 aromatic heterocycles. The average Bonchev–Trinajstić information content (AvgIpc) is 3.41. The van der Waals surface area contributed by atoms with Crippen molar-refractivity contribution in [2.24, 2.45) is 0 Å². The van der Waals surface area contributed by atoms with Crippen molar-refractivity contribution in [2.45, 2.75) is 43.1 Å². The van der Waals surface area contributed by atoms with Gasteiger partial charge in [0.25, 0.3) is 5.56 Å². The van der Waals surface area contributed by atoms with Crippen molar-refractivity contribution in [2.75, 3.05) is 27.4 Å². The van der Waals surface area contributed by atoms with Gasteiger partial charge < -0.3 is 29.4 Å². The van der Waals surface area contributed by atoms with Gasteiger partial charge in [-0.2, -0.15) is 13.2 Å². The van der Waals surface area contributed by atoms with Gasteiger partial charge in [0.2, 0.25) is 0 Å². The summed E-state index contributed by atoms with van der Waals surface area (Å²) in [5.74, 6) is -1.14. The number of aromatic nitrogens is 2. The third-order valence-electron chi connectivity index (χ3n) is 8.37. The van der Waals surface area contributed by atoms with E-state index in [1.165, 1.54) is 27.3 Å². The van der Waals surface area contributed by atoms with Gasteiger partial charge in [-0.05, 0) is 47.9 Å². The molecule has 5 rings (SSSR count). The molecule has 1 amide bonds. The molecule has 1 aliphatic rings. The number of alkyl halides is 3. The lowest BCUT2D eigenvalue weighted by atomic mass is 9.79. The van der Waals surface area contributed by atoms with E-state index in [4.69, 9.17) is 18.9 Å². The third kappa shape index (κ3) is 6.72. The van der Waals surface area contributed by atoms with Gasteiger partial charge in [-0.1, -0.05) is 54.6 Å². The largest absolute Gasteiger partial charge is 0.497 e.